The van der Waals surface area contributed by atoms with E-state index in [1.165, 1.54) is 4.88 Å². The van der Waals surface area contributed by atoms with Crippen molar-refractivity contribution in [2.75, 3.05) is 31.1 Å². The highest BCUT2D eigenvalue weighted by molar-refractivity contribution is 14.0. The van der Waals surface area contributed by atoms with E-state index in [1.54, 1.807) is 0 Å². The van der Waals surface area contributed by atoms with Crippen LogP contribution in [-0.4, -0.2) is 43.0 Å². The highest BCUT2D eigenvalue weighted by Gasteiger charge is 2.24. The summed E-state index contributed by atoms with van der Waals surface area (Å²) in [6.45, 7) is 8.14. The smallest absolute Gasteiger partial charge is 0.220 e. The van der Waals surface area contributed by atoms with Gasteiger partial charge < -0.3 is 21.3 Å². The van der Waals surface area contributed by atoms with E-state index in [4.69, 9.17) is 10.7 Å². The Hall–Kier alpha value is -1.88. The molecule has 0 spiro atoms. The quantitative estimate of drug-likeness (QED) is 0.244. The summed E-state index contributed by atoms with van der Waals surface area (Å²) in [5.74, 6) is 2.07. The molecule has 4 N–H and O–H groups in total. The van der Waals surface area contributed by atoms with Crippen molar-refractivity contribution in [3.63, 3.8) is 0 Å². The number of anilines is 1. The first-order valence-electron chi connectivity index (χ1n) is 11.1. The molecule has 0 saturated carbocycles. The van der Waals surface area contributed by atoms with Gasteiger partial charge in [-0.25, -0.2) is 9.98 Å². The van der Waals surface area contributed by atoms with Gasteiger partial charge in [0.05, 0.1) is 6.54 Å². The highest BCUT2D eigenvalue weighted by Crippen LogP contribution is 2.25. The van der Waals surface area contributed by atoms with Gasteiger partial charge in [0.1, 0.15) is 5.82 Å². The zero-order valence-corrected chi connectivity index (χ0v) is 22.1. The van der Waals surface area contributed by atoms with Gasteiger partial charge in [0, 0.05) is 48.7 Å². The molecule has 0 aromatic carbocycles. The largest absolute Gasteiger partial charge is 0.369 e. The van der Waals surface area contributed by atoms with Crippen LogP contribution < -0.4 is 21.3 Å². The van der Waals surface area contributed by atoms with Crippen LogP contribution in [0.4, 0.5) is 5.82 Å². The summed E-state index contributed by atoms with van der Waals surface area (Å²) < 4.78 is 0. The number of hydrogen-bond donors (Lipinski definition) is 3. The maximum absolute atomic E-state index is 11.5. The summed E-state index contributed by atoms with van der Waals surface area (Å²) in [5, 5.41) is 8.95. The number of hydrogen-bond acceptors (Lipinski definition) is 5. The number of halogens is 1. The topological polar surface area (TPSA) is 95.6 Å². The van der Waals surface area contributed by atoms with Gasteiger partial charge in [-0.05, 0) is 49.6 Å². The van der Waals surface area contributed by atoms with E-state index in [-0.39, 0.29) is 35.8 Å². The molecule has 0 bridgehead atoms. The van der Waals surface area contributed by atoms with Crippen LogP contribution in [0.3, 0.4) is 0 Å². The minimum Gasteiger partial charge on any atom is -0.369 e. The van der Waals surface area contributed by atoms with Crippen molar-refractivity contribution in [2.24, 2.45) is 22.6 Å². The van der Waals surface area contributed by atoms with Crippen molar-refractivity contribution in [3.8, 4) is 0 Å². The van der Waals surface area contributed by atoms with E-state index in [1.807, 2.05) is 23.6 Å². The lowest BCUT2D eigenvalue weighted by Gasteiger charge is -2.32. The van der Waals surface area contributed by atoms with Gasteiger partial charge in [-0.3, -0.25) is 4.79 Å². The van der Waals surface area contributed by atoms with E-state index in [0.717, 1.165) is 62.8 Å². The van der Waals surface area contributed by atoms with Crippen LogP contribution in [0.15, 0.2) is 40.8 Å². The molecular formula is C23H35IN6OS. The number of piperidine rings is 1. The maximum atomic E-state index is 11.5. The van der Waals surface area contributed by atoms with Crippen LogP contribution >= 0.6 is 35.3 Å². The zero-order valence-electron chi connectivity index (χ0n) is 18.9. The second kappa shape index (κ2) is 13.6. The Labute approximate surface area is 212 Å². The maximum Gasteiger partial charge on any atom is 0.220 e. The Bertz CT molecular complexity index is 852. The first-order chi connectivity index (χ1) is 15.1. The zero-order chi connectivity index (χ0) is 22.1. The van der Waals surface area contributed by atoms with Crippen molar-refractivity contribution in [2.45, 2.75) is 39.7 Å². The fourth-order valence-electron chi connectivity index (χ4n) is 3.84. The van der Waals surface area contributed by atoms with Crippen molar-refractivity contribution in [3.05, 3.63) is 46.3 Å². The van der Waals surface area contributed by atoms with Gasteiger partial charge in [0.2, 0.25) is 5.91 Å². The number of thiophene rings is 1. The number of rotatable bonds is 9. The minimum atomic E-state index is -0.194. The first kappa shape index (κ1) is 26.4. The fourth-order valence-corrected chi connectivity index (χ4v) is 4.71. The van der Waals surface area contributed by atoms with Gasteiger partial charge in [-0.15, -0.1) is 35.3 Å². The molecule has 1 unspecified atom stereocenters. The van der Waals surface area contributed by atoms with E-state index in [2.05, 4.69) is 57.9 Å². The summed E-state index contributed by atoms with van der Waals surface area (Å²) in [5.41, 5.74) is 6.56. The molecule has 0 aliphatic carbocycles. The third-order valence-electron chi connectivity index (χ3n) is 5.56. The fraction of sp³-hybridized carbons (Fsp3) is 0.522. The average Bonchev–Trinajstić information content (AvgIpc) is 3.29. The number of nitrogens with two attached hydrogens (primary N) is 1. The molecule has 1 atom stereocenters. The van der Waals surface area contributed by atoms with E-state index in [0.29, 0.717) is 12.5 Å². The minimum absolute atomic E-state index is 0. The molecule has 1 saturated heterocycles. The molecule has 32 heavy (non-hydrogen) atoms. The van der Waals surface area contributed by atoms with Crippen LogP contribution in [0, 0.1) is 11.8 Å². The van der Waals surface area contributed by atoms with Crippen molar-refractivity contribution in [1.29, 1.82) is 0 Å². The third kappa shape index (κ3) is 7.91. The molecule has 2 aromatic heterocycles. The SMILES string of the molecule is CCNC(=NCc1cccnc1N1CCC(C(N)=O)CC1)NCC(C)Cc1cccs1.I. The molecule has 176 valence electrons. The summed E-state index contributed by atoms with van der Waals surface area (Å²) in [6.07, 6.45) is 4.44. The number of guanidine groups is 1. The summed E-state index contributed by atoms with van der Waals surface area (Å²) in [7, 11) is 0. The average molecular weight is 571 g/mol. The van der Waals surface area contributed by atoms with E-state index in [9.17, 15) is 4.79 Å². The second-order valence-corrected chi connectivity index (χ2v) is 9.15. The lowest BCUT2D eigenvalue weighted by Crippen LogP contribution is -2.40. The number of aliphatic imine (C=N–C) groups is 1. The predicted molar refractivity (Wildman–Crippen MR) is 144 cm³/mol. The number of pyridine rings is 1. The Kier molecular flexibility index (Phi) is 11.2. The Balaban J connectivity index is 0.00000363. The lowest BCUT2D eigenvalue weighted by atomic mass is 9.96. The van der Waals surface area contributed by atoms with Crippen molar-refractivity contribution >= 4 is 53.0 Å². The van der Waals surface area contributed by atoms with Crippen LogP contribution in [0.1, 0.15) is 37.1 Å². The first-order valence-corrected chi connectivity index (χ1v) is 12.0. The highest BCUT2D eigenvalue weighted by atomic mass is 127. The van der Waals surface area contributed by atoms with E-state index >= 15 is 0 Å². The van der Waals surface area contributed by atoms with Gasteiger partial charge >= 0.3 is 0 Å². The number of carbonyl (C=O) groups is 1. The van der Waals surface area contributed by atoms with Gasteiger partial charge in [0.25, 0.3) is 0 Å². The van der Waals surface area contributed by atoms with Crippen LogP contribution in [-0.2, 0) is 17.8 Å². The van der Waals surface area contributed by atoms with Crippen LogP contribution in [0.25, 0.3) is 0 Å². The molecule has 3 heterocycles. The number of amides is 1. The standard InChI is InChI=1S/C23H34N6OS.HI/c1-3-25-23(27-15-17(2)14-20-7-5-13-31-20)28-16-19-6-4-10-26-22(19)29-11-8-18(9-12-29)21(24)30;/h4-7,10,13,17-18H,3,8-9,11-12,14-16H2,1-2H3,(H2,24,30)(H2,25,27,28);1H. The number of primary amides is 1. The molecule has 1 amide bonds. The Morgan fingerprint density at radius 3 is 2.75 bits per heavy atom. The molecule has 3 rings (SSSR count). The predicted octanol–water partition coefficient (Wildman–Crippen LogP) is 3.40. The molecule has 1 aliphatic heterocycles. The van der Waals surface area contributed by atoms with Crippen LogP contribution in [0.2, 0.25) is 0 Å². The van der Waals surface area contributed by atoms with Crippen molar-refractivity contribution in [1.82, 2.24) is 15.6 Å². The number of nitrogens with one attached hydrogen (secondary N) is 2. The van der Waals surface area contributed by atoms with E-state index < -0.39 is 0 Å². The summed E-state index contributed by atoms with van der Waals surface area (Å²) in [6, 6.07) is 8.33. The normalized spacial score (nSPS) is 15.7. The Morgan fingerprint density at radius 2 is 2.09 bits per heavy atom. The number of carbonyl (C=O) groups excluding carboxylic acids is 1. The lowest BCUT2D eigenvalue weighted by molar-refractivity contribution is -0.122. The summed E-state index contributed by atoms with van der Waals surface area (Å²) >= 11 is 1.81. The second-order valence-electron chi connectivity index (χ2n) is 8.11. The molecular weight excluding hydrogens is 535 g/mol. The Morgan fingerprint density at radius 1 is 1.31 bits per heavy atom. The molecule has 1 aliphatic rings. The molecule has 1 fully saturated rings. The number of aromatic nitrogens is 1. The third-order valence-corrected chi connectivity index (χ3v) is 6.46. The summed E-state index contributed by atoms with van der Waals surface area (Å²) in [4.78, 5) is 24.5. The monoisotopic (exact) mass is 570 g/mol. The molecule has 9 heteroatoms. The molecule has 2 aromatic rings. The van der Waals surface area contributed by atoms with Gasteiger partial charge in [0.15, 0.2) is 5.96 Å². The number of nitrogens with zero attached hydrogens (tertiary/aromatic N) is 3. The van der Waals surface area contributed by atoms with Gasteiger partial charge in [-0.1, -0.05) is 19.1 Å². The van der Waals surface area contributed by atoms with Crippen molar-refractivity contribution < 1.29 is 4.79 Å². The van der Waals surface area contributed by atoms with Gasteiger partial charge in [-0.2, -0.15) is 0 Å². The molecule has 7 nitrogen and oxygen atoms in total. The molecule has 0 radical (unpaired) electrons. The van der Waals surface area contributed by atoms with Crippen LogP contribution in [0.5, 0.6) is 0 Å².